The molecule has 0 saturated carbocycles. The highest BCUT2D eigenvalue weighted by Crippen LogP contribution is 2.25. The molecule has 0 aliphatic heterocycles. The predicted molar refractivity (Wildman–Crippen MR) is 97.6 cm³/mol. The summed E-state index contributed by atoms with van der Waals surface area (Å²) in [5.41, 5.74) is 1.43. The Morgan fingerprint density at radius 2 is 2.04 bits per heavy atom. The van der Waals surface area contributed by atoms with Crippen LogP contribution in [0.5, 0.6) is 0 Å². The van der Waals surface area contributed by atoms with Gasteiger partial charge in [-0.3, -0.25) is 14.2 Å². The Morgan fingerprint density at radius 1 is 1.28 bits per heavy atom. The van der Waals surface area contributed by atoms with Gasteiger partial charge >= 0.3 is 0 Å². The first-order chi connectivity index (χ1) is 12.0. The fourth-order valence-corrected chi connectivity index (χ4v) is 2.78. The van der Waals surface area contributed by atoms with E-state index in [-0.39, 0.29) is 18.1 Å². The molecule has 0 spiro atoms. The molecular formula is C18H16ClN3O3. The molecule has 1 heterocycles. The van der Waals surface area contributed by atoms with E-state index in [9.17, 15) is 9.59 Å². The Kier molecular flexibility index (Phi) is 4.83. The molecule has 3 aromatic rings. The van der Waals surface area contributed by atoms with E-state index >= 15 is 0 Å². The zero-order valence-electron chi connectivity index (χ0n) is 13.7. The zero-order valence-corrected chi connectivity index (χ0v) is 14.5. The lowest BCUT2D eigenvalue weighted by Gasteiger charge is -2.13. The zero-order chi connectivity index (χ0) is 18.0. The summed E-state index contributed by atoms with van der Waals surface area (Å²) in [6, 6.07) is 12.1. The van der Waals surface area contributed by atoms with Crippen molar-refractivity contribution in [1.29, 1.82) is 0 Å². The van der Waals surface area contributed by atoms with Crippen LogP contribution in [0.1, 0.15) is 5.82 Å². The number of nitrogens with one attached hydrogen (secondary N) is 1. The van der Waals surface area contributed by atoms with Crippen LogP contribution in [-0.4, -0.2) is 29.2 Å². The van der Waals surface area contributed by atoms with Crippen LogP contribution in [0.3, 0.4) is 0 Å². The van der Waals surface area contributed by atoms with Crippen LogP contribution in [0.2, 0.25) is 5.02 Å². The smallest absolute Gasteiger partial charge is 0.265 e. The van der Waals surface area contributed by atoms with Gasteiger partial charge in [-0.15, -0.1) is 0 Å². The number of benzene rings is 2. The Labute approximate surface area is 149 Å². The van der Waals surface area contributed by atoms with Crippen molar-refractivity contribution in [3.8, 4) is 5.69 Å². The number of amides is 1. The number of ether oxygens (including phenoxy) is 1. The van der Waals surface area contributed by atoms with Gasteiger partial charge in [-0.2, -0.15) is 0 Å². The maximum Gasteiger partial charge on any atom is 0.265 e. The fraction of sp³-hybridized carbons (Fsp3) is 0.167. The van der Waals surface area contributed by atoms with Gasteiger partial charge in [0.1, 0.15) is 12.4 Å². The van der Waals surface area contributed by atoms with Gasteiger partial charge in [0, 0.05) is 7.11 Å². The van der Waals surface area contributed by atoms with Crippen molar-refractivity contribution in [3.05, 3.63) is 63.7 Å². The molecule has 0 aliphatic rings. The number of halogens is 1. The van der Waals surface area contributed by atoms with Crippen molar-refractivity contribution < 1.29 is 9.53 Å². The van der Waals surface area contributed by atoms with E-state index in [4.69, 9.17) is 16.3 Å². The van der Waals surface area contributed by atoms with Crippen LogP contribution in [0.4, 0.5) is 5.69 Å². The van der Waals surface area contributed by atoms with Gasteiger partial charge < -0.3 is 10.1 Å². The third-order valence-electron chi connectivity index (χ3n) is 3.70. The summed E-state index contributed by atoms with van der Waals surface area (Å²) >= 11 is 6.14. The second-order valence-corrected chi connectivity index (χ2v) is 5.87. The number of aryl methyl sites for hydroxylation is 1. The van der Waals surface area contributed by atoms with Crippen LogP contribution in [0.25, 0.3) is 16.6 Å². The van der Waals surface area contributed by atoms with Crippen molar-refractivity contribution in [2.45, 2.75) is 6.92 Å². The molecule has 0 radical (unpaired) electrons. The molecule has 0 atom stereocenters. The number of fused-ring (bicyclic) bond motifs is 1. The maximum atomic E-state index is 12.9. The number of anilines is 1. The summed E-state index contributed by atoms with van der Waals surface area (Å²) in [6.45, 7) is 1.67. The third-order valence-corrected chi connectivity index (χ3v) is 4.03. The molecule has 0 bridgehead atoms. The highest BCUT2D eigenvalue weighted by atomic mass is 35.5. The van der Waals surface area contributed by atoms with E-state index in [0.717, 1.165) is 0 Å². The molecule has 0 aliphatic carbocycles. The number of carbonyl (C=O) groups is 1. The molecule has 0 saturated heterocycles. The number of methoxy groups -OCH3 is 1. The number of carbonyl (C=O) groups excluding carboxylic acids is 1. The van der Waals surface area contributed by atoms with Gasteiger partial charge in [0.25, 0.3) is 5.56 Å². The first-order valence-corrected chi connectivity index (χ1v) is 7.96. The van der Waals surface area contributed by atoms with Gasteiger partial charge in [-0.25, -0.2) is 4.98 Å². The monoisotopic (exact) mass is 357 g/mol. The molecule has 128 valence electrons. The lowest BCUT2D eigenvalue weighted by Crippen LogP contribution is -2.23. The van der Waals surface area contributed by atoms with Crippen molar-refractivity contribution in [2.75, 3.05) is 19.0 Å². The van der Waals surface area contributed by atoms with Gasteiger partial charge in [0.15, 0.2) is 0 Å². The summed E-state index contributed by atoms with van der Waals surface area (Å²) in [6.07, 6.45) is 0. The van der Waals surface area contributed by atoms with Crippen LogP contribution in [-0.2, 0) is 9.53 Å². The second-order valence-electron chi connectivity index (χ2n) is 5.46. The molecule has 1 aromatic heterocycles. The second kappa shape index (κ2) is 7.04. The van der Waals surface area contributed by atoms with Crippen molar-refractivity contribution in [2.24, 2.45) is 0 Å². The SMILES string of the molecule is COCC(=O)Nc1cc(-n2c(C)nc3ccccc3c2=O)ccc1Cl. The van der Waals surface area contributed by atoms with Gasteiger partial charge in [0.05, 0.1) is 27.3 Å². The minimum absolute atomic E-state index is 0.0862. The van der Waals surface area contributed by atoms with Crippen molar-refractivity contribution in [3.63, 3.8) is 0 Å². The molecule has 0 fully saturated rings. The van der Waals surface area contributed by atoms with Gasteiger partial charge in [0.2, 0.25) is 5.91 Å². The van der Waals surface area contributed by atoms with E-state index in [1.807, 2.05) is 6.07 Å². The lowest BCUT2D eigenvalue weighted by atomic mass is 10.2. The van der Waals surface area contributed by atoms with Gasteiger partial charge in [-0.05, 0) is 37.3 Å². The first kappa shape index (κ1) is 17.1. The maximum absolute atomic E-state index is 12.9. The van der Waals surface area contributed by atoms with E-state index in [0.29, 0.717) is 33.1 Å². The number of nitrogens with zero attached hydrogens (tertiary/aromatic N) is 2. The molecule has 6 nitrogen and oxygen atoms in total. The minimum atomic E-state index is -0.331. The molecule has 2 aromatic carbocycles. The van der Waals surface area contributed by atoms with Crippen molar-refractivity contribution in [1.82, 2.24) is 9.55 Å². The number of para-hydroxylation sites is 1. The van der Waals surface area contributed by atoms with E-state index in [2.05, 4.69) is 10.3 Å². The molecular weight excluding hydrogens is 342 g/mol. The fourth-order valence-electron chi connectivity index (χ4n) is 2.61. The normalized spacial score (nSPS) is 10.8. The molecule has 25 heavy (non-hydrogen) atoms. The number of rotatable bonds is 4. The third kappa shape index (κ3) is 3.40. The highest BCUT2D eigenvalue weighted by molar-refractivity contribution is 6.33. The summed E-state index contributed by atoms with van der Waals surface area (Å²) in [7, 11) is 1.43. The van der Waals surface area contributed by atoms with Crippen LogP contribution in [0, 0.1) is 6.92 Å². The van der Waals surface area contributed by atoms with E-state index < -0.39 is 0 Å². The Morgan fingerprint density at radius 3 is 2.80 bits per heavy atom. The predicted octanol–water partition coefficient (Wildman–Crippen LogP) is 2.93. The molecule has 3 rings (SSSR count). The van der Waals surface area contributed by atoms with E-state index in [1.165, 1.54) is 11.7 Å². The quantitative estimate of drug-likeness (QED) is 0.779. The summed E-state index contributed by atoms with van der Waals surface area (Å²) in [5, 5.41) is 3.56. The topological polar surface area (TPSA) is 73.2 Å². The number of hydrogen-bond acceptors (Lipinski definition) is 4. The Balaban J connectivity index is 2.12. The Hall–Kier alpha value is -2.70. The first-order valence-electron chi connectivity index (χ1n) is 7.58. The average molecular weight is 358 g/mol. The van der Waals surface area contributed by atoms with Crippen LogP contribution < -0.4 is 10.9 Å². The Bertz CT molecular complexity index is 1010. The van der Waals surface area contributed by atoms with Gasteiger partial charge in [-0.1, -0.05) is 23.7 Å². The highest BCUT2D eigenvalue weighted by Gasteiger charge is 2.12. The average Bonchev–Trinajstić information content (AvgIpc) is 2.58. The van der Waals surface area contributed by atoms with E-state index in [1.54, 1.807) is 43.3 Å². The molecule has 1 N–H and O–H groups in total. The molecule has 7 heteroatoms. The number of hydrogen-bond donors (Lipinski definition) is 1. The summed E-state index contributed by atoms with van der Waals surface area (Å²) < 4.78 is 6.29. The largest absolute Gasteiger partial charge is 0.375 e. The lowest BCUT2D eigenvalue weighted by molar-refractivity contribution is -0.119. The minimum Gasteiger partial charge on any atom is -0.375 e. The molecule has 1 amide bonds. The van der Waals surface area contributed by atoms with Crippen LogP contribution in [0.15, 0.2) is 47.3 Å². The standard InChI is InChI=1S/C18H16ClN3O3/c1-11-20-15-6-4-3-5-13(15)18(24)22(11)12-7-8-14(19)16(9-12)21-17(23)10-25-2/h3-9H,10H2,1-2H3,(H,21,23). The molecule has 0 unspecified atom stereocenters. The van der Waals surface area contributed by atoms with Crippen molar-refractivity contribution >= 4 is 34.1 Å². The summed E-state index contributed by atoms with van der Waals surface area (Å²) in [5.74, 6) is 0.211. The number of aromatic nitrogens is 2. The van der Waals surface area contributed by atoms with Crippen LogP contribution >= 0.6 is 11.6 Å². The summed E-state index contributed by atoms with van der Waals surface area (Å²) in [4.78, 5) is 29.1.